The number of carbonyl (C=O) groups is 3. The van der Waals surface area contributed by atoms with Crippen LogP contribution >= 0.6 is 0 Å². The van der Waals surface area contributed by atoms with Crippen LogP contribution < -0.4 is 10.6 Å². The van der Waals surface area contributed by atoms with Crippen LogP contribution in [0.3, 0.4) is 0 Å². The minimum Gasteiger partial charge on any atom is -0.467 e. The molecular weight excluding hydrogens is 396 g/mol. The van der Waals surface area contributed by atoms with Gasteiger partial charge in [0.15, 0.2) is 0 Å². The fourth-order valence-corrected chi connectivity index (χ4v) is 3.22. The number of aromatic nitrogens is 2. The van der Waals surface area contributed by atoms with Crippen molar-refractivity contribution in [3.63, 3.8) is 0 Å². The maximum Gasteiger partial charge on any atom is 0.328 e. The molecule has 2 atom stereocenters. The number of amides is 2. The fourth-order valence-electron chi connectivity index (χ4n) is 3.22. The molecule has 0 aliphatic carbocycles. The topological polar surface area (TPSA) is 110 Å². The first-order valence-electron chi connectivity index (χ1n) is 9.86. The maximum atomic E-state index is 12.9. The quantitative estimate of drug-likeness (QED) is 0.536. The van der Waals surface area contributed by atoms with E-state index >= 15 is 0 Å². The highest BCUT2D eigenvalue weighted by Crippen LogP contribution is 2.11. The summed E-state index contributed by atoms with van der Waals surface area (Å²) in [5.74, 6) is -1.43. The van der Waals surface area contributed by atoms with Gasteiger partial charge in [-0.15, -0.1) is 0 Å². The Hall–Kier alpha value is -3.81. The van der Waals surface area contributed by atoms with Crippen molar-refractivity contribution < 1.29 is 19.1 Å². The molecule has 31 heavy (non-hydrogen) atoms. The number of hydrogen-bond acceptors (Lipinski definition) is 6. The van der Waals surface area contributed by atoms with Gasteiger partial charge in [0, 0.05) is 26.0 Å². The number of carbonyl (C=O) groups excluding carboxylic acids is 3. The third kappa shape index (κ3) is 6.08. The van der Waals surface area contributed by atoms with Gasteiger partial charge in [0.2, 0.25) is 11.8 Å². The molecular formula is C23H24N4O4. The van der Waals surface area contributed by atoms with Crippen LogP contribution in [0.25, 0.3) is 11.0 Å². The number of fused-ring (bicyclic) bond motifs is 1. The number of rotatable bonds is 8. The van der Waals surface area contributed by atoms with Crippen molar-refractivity contribution in [3.8, 4) is 0 Å². The molecule has 8 heteroatoms. The van der Waals surface area contributed by atoms with Crippen molar-refractivity contribution in [2.45, 2.75) is 31.8 Å². The van der Waals surface area contributed by atoms with Crippen LogP contribution in [0.2, 0.25) is 0 Å². The zero-order valence-electron chi connectivity index (χ0n) is 17.4. The summed E-state index contributed by atoms with van der Waals surface area (Å²) in [4.78, 5) is 45.8. The standard InChI is InChI=1S/C23H24N4O4/c1-15(28)25-20(12-16-8-4-3-5-9-16)22(29)27-21(23(30)31-2)13-17-14-24-18-10-6-7-11-19(18)26-17/h3-11,14,20-21H,12-13H2,1-2H3,(H,25,28)(H,27,29)/t20-,21-/m0/s1. The molecule has 1 aromatic heterocycles. The highest BCUT2D eigenvalue weighted by molar-refractivity contribution is 5.90. The molecule has 2 aromatic carbocycles. The van der Waals surface area contributed by atoms with Gasteiger partial charge in [-0.05, 0) is 17.7 Å². The molecule has 0 bridgehead atoms. The number of methoxy groups -OCH3 is 1. The molecule has 2 amide bonds. The summed E-state index contributed by atoms with van der Waals surface area (Å²) in [6.07, 6.45) is 1.96. The van der Waals surface area contributed by atoms with Crippen molar-refractivity contribution >= 4 is 28.8 Å². The second-order valence-electron chi connectivity index (χ2n) is 7.08. The lowest BCUT2D eigenvalue weighted by Crippen LogP contribution is -2.53. The summed E-state index contributed by atoms with van der Waals surface area (Å²) < 4.78 is 4.86. The number of esters is 1. The first-order valence-corrected chi connectivity index (χ1v) is 9.86. The minimum absolute atomic E-state index is 0.106. The first kappa shape index (κ1) is 21.9. The highest BCUT2D eigenvalue weighted by atomic mass is 16.5. The average Bonchev–Trinajstić information content (AvgIpc) is 2.78. The van der Waals surface area contributed by atoms with Crippen LogP contribution in [0.1, 0.15) is 18.2 Å². The summed E-state index contributed by atoms with van der Waals surface area (Å²) in [7, 11) is 1.25. The molecule has 1 heterocycles. The second-order valence-corrected chi connectivity index (χ2v) is 7.08. The van der Waals surface area contributed by atoms with E-state index in [9.17, 15) is 14.4 Å². The third-order valence-electron chi connectivity index (χ3n) is 4.69. The predicted octanol–water partition coefficient (Wildman–Crippen LogP) is 1.58. The normalized spacial score (nSPS) is 12.6. The number of ether oxygens (including phenoxy) is 1. The molecule has 160 valence electrons. The molecule has 0 aliphatic heterocycles. The van der Waals surface area contributed by atoms with Crippen molar-refractivity contribution in [2.24, 2.45) is 0 Å². The van der Waals surface area contributed by atoms with Gasteiger partial charge in [0.1, 0.15) is 12.1 Å². The van der Waals surface area contributed by atoms with Gasteiger partial charge >= 0.3 is 5.97 Å². The van der Waals surface area contributed by atoms with Crippen LogP contribution in [-0.4, -0.2) is 46.9 Å². The van der Waals surface area contributed by atoms with Gasteiger partial charge in [0.05, 0.1) is 23.8 Å². The van der Waals surface area contributed by atoms with E-state index < -0.39 is 24.0 Å². The molecule has 0 saturated carbocycles. The molecule has 0 unspecified atom stereocenters. The average molecular weight is 420 g/mol. The fraction of sp³-hybridized carbons (Fsp3) is 0.261. The van der Waals surface area contributed by atoms with E-state index in [2.05, 4.69) is 20.6 Å². The number of nitrogens with one attached hydrogen (secondary N) is 2. The van der Waals surface area contributed by atoms with E-state index in [1.54, 1.807) is 6.20 Å². The number of para-hydroxylation sites is 2. The molecule has 0 fully saturated rings. The van der Waals surface area contributed by atoms with Crippen molar-refractivity contribution in [1.82, 2.24) is 20.6 Å². The molecule has 8 nitrogen and oxygen atoms in total. The molecule has 3 aromatic rings. The van der Waals surface area contributed by atoms with E-state index in [0.29, 0.717) is 11.2 Å². The number of nitrogens with zero attached hydrogens (tertiary/aromatic N) is 2. The van der Waals surface area contributed by atoms with E-state index in [-0.39, 0.29) is 18.7 Å². The first-order chi connectivity index (χ1) is 15.0. The summed E-state index contributed by atoms with van der Waals surface area (Å²) in [5, 5.41) is 5.34. The lowest BCUT2D eigenvalue weighted by Gasteiger charge is -2.22. The minimum atomic E-state index is -0.972. The van der Waals surface area contributed by atoms with E-state index in [1.807, 2.05) is 54.6 Å². The predicted molar refractivity (Wildman–Crippen MR) is 115 cm³/mol. The third-order valence-corrected chi connectivity index (χ3v) is 4.69. The van der Waals surface area contributed by atoms with Gasteiger partial charge in [-0.2, -0.15) is 0 Å². The zero-order chi connectivity index (χ0) is 22.2. The number of benzene rings is 2. The second kappa shape index (κ2) is 10.3. The van der Waals surface area contributed by atoms with E-state index in [4.69, 9.17) is 4.74 Å². The van der Waals surface area contributed by atoms with Crippen molar-refractivity contribution in [1.29, 1.82) is 0 Å². The van der Waals surface area contributed by atoms with Crippen molar-refractivity contribution in [3.05, 3.63) is 72.1 Å². The number of hydrogen-bond donors (Lipinski definition) is 2. The maximum absolute atomic E-state index is 12.9. The highest BCUT2D eigenvalue weighted by Gasteiger charge is 2.27. The Labute approximate surface area is 180 Å². The van der Waals surface area contributed by atoms with Crippen LogP contribution in [-0.2, 0) is 32.0 Å². The molecule has 0 aliphatic rings. The Morgan fingerprint density at radius 1 is 0.903 bits per heavy atom. The van der Waals surface area contributed by atoms with Gasteiger partial charge in [-0.1, -0.05) is 42.5 Å². The van der Waals surface area contributed by atoms with Gasteiger partial charge in [-0.25, -0.2) is 9.78 Å². The van der Waals surface area contributed by atoms with Crippen LogP contribution in [0, 0.1) is 0 Å². The lowest BCUT2D eigenvalue weighted by molar-refractivity contribution is -0.145. The molecule has 0 saturated heterocycles. The van der Waals surface area contributed by atoms with Crippen LogP contribution in [0.5, 0.6) is 0 Å². The van der Waals surface area contributed by atoms with Gasteiger partial charge < -0.3 is 15.4 Å². The Morgan fingerprint density at radius 2 is 1.58 bits per heavy atom. The Balaban J connectivity index is 1.77. The van der Waals surface area contributed by atoms with Crippen LogP contribution in [0.4, 0.5) is 0 Å². The SMILES string of the molecule is COC(=O)[C@H](Cc1cnc2ccccc2n1)NC(=O)[C@H](Cc1ccccc1)NC(C)=O. The Bertz CT molecular complexity index is 1070. The Kier molecular flexibility index (Phi) is 7.26. The zero-order valence-corrected chi connectivity index (χ0v) is 17.4. The van der Waals surface area contributed by atoms with Gasteiger partial charge in [0.25, 0.3) is 0 Å². The Morgan fingerprint density at radius 3 is 2.26 bits per heavy atom. The molecule has 0 radical (unpaired) electrons. The summed E-state index contributed by atoms with van der Waals surface area (Å²) in [6, 6.07) is 14.9. The van der Waals surface area contributed by atoms with Crippen molar-refractivity contribution in [2.75, 3.05) is 7.11 Å². The summed E-state index contributed by atoms with van der Waals surface area (Å²) in [6.45, 7) is 1.34. The smallest absolute Gasteiger partial charge is 0.328 e. The van der Waals surface area contributed by atoms with E-state index in [0.717, 1.165) is 11.1 Å². The largest absolute Gasteiger partial charge is 0.467 e. The monoisotopic (exact) mass is 420 g/mol. The molecule has 0 spiro atoms. The lowest BCUT2D eigenvalue weighted by atomic mass is 10.0. The summed E-state index contributed by atoms with van der Waals surface area (Å²) >= 11 is 0. The van der Waals surface area contributed by atoms with Crippen LogP contribution in [0.15, 0.2) is 60.8 Å². The molecule has 2 N–H and O–H groups in total. The van der Waals surface area contributed by atoms with Gasteiger partial charge in [-0.3, -0.25) is 14.6 Å². The summed E-state index contributed by atoms with van der Waals surface area (Å²) in [5.41, 5.74) is 2.84. The van der Waals surface area contributed by atoms with E-state index in [1.165, 1.54) is 14.0 Å². The molecule has 3 rings (SSSR count).